The van der Waals surface area contributed by atoms with Gasteiger partial charge in [-0.1, -0.05) is 35.9 Å². The molecule has 1 aliphatic rings. The van der Waals surface area contributed by atoms with E-state index in [4.69, 9.17) is 16.7 Å². The lowest BCUT2D eigenvalue weighted by molar-refractivity contribution is 0.0944. The summed E-state index contributed by atoms with van der Waals surface area (Å²) in [5.41, 5.74) is 5.72. The van der Waals surface area contributed by atoms with Gasteiger partial charge in [0, 0.05) is 29.2 Å². The minimum atomic E-state index is -0.120. The molecule has 1 N–H and O–H groups in total. The van der Waals surface area contributed by atoms with Crippen molar-refractivity contribution in [3.63, 3.8) is 0 Å². The summed E-state index contributed by atoms with van der Waals surface area (Å²) in [5, 5.41) is 8.47. The van der Waals surface area contributed by atoms with Crippen LogP contribution >= 0.6 is 11.6 Å². The highest BCUT2D eigenvalue weighted by atomic mass is 35.5. The molecule has 1 aromatic heterocycles. The normalized spacial score (nSPS) is 12.6. The molecule has 0 radical (unpaired) electrons. The average molecular weight is 395 g/mol. The Labute approximate surface area is 169 Å². The van der Waals surface area contributed by atoms with E-state index in [1.165, 1.54) is 5.56 Å². The van der Waals surface area contributed by atoms with Crippen molar-refractivity contribution < 1.29 is 4.79 Å². The van der Waals surface area contributed by atoms with Crippen LogP contribution in [-0.2, 0) is 12.8 Å². The van der Waals surface area contributed by atoms with E-state index in [0.717, 1.165) is 46.9 Å². The molecule has 0 saturated carbocycles. The largest absolute Gasteiger partial charge is 0.349 e. The fraction of sp³-hybridized carbons (Fsp3) is 0.273. The van der Waals surface area contributed by atoms with Gasteiger partial charge < -0.3 is 10.2 Å². The van der Waals surface area contributed by atoms with Gasteiger partial charge in [-0.05, 0) is 56.8 Å². The molecule has 2 aromatic carbocycles. The maximum atomic E-state index is 12.9. The highest BCUT2D eigenvalue weighted by molar-refractivity contribution is 6.30. The summed E-state index contributed by atoms with van der Waals surface area (Å²) in [6, 6.07) is 15.9. The molecular formula is C22H23ClN4O. The predicted molar refractivity (Wildman–Crippen MR) is 112 cm³/mol. The van der Waals surface area contributed by atoms with Gasteiger partial charge in [0.15, 0.2) is 5.69 Å². The fourth-order valence-corrected chi connectivity index (χ4v) is 3.83. The SMILES string of the molecule is CN(C)CCNC(=O)c1nn(-c2ccccc2)c2c1CCc1cc(Cl)ccc1-2. The quantitative estimate of drug-likeness (QED) is 0.719. The summed E-state index contributed by atoms with van der Waals surface area (Å²) in [6.07, 6.45) is 1.62. The first-order chi connectivity index (χ1) is 13.5. The number of carbonyl (C=O) groups excluding carboxylic acids is 1. The molecule has 3 aromatic rings. The van der Waals surface area contributed by atoms with Crippen LogP contribution in [0, 0.1) is 0 Å². The van der Waals surface area contributed by atoms with Crippen LogP contribution in [0.5, 0.6) is 0 Å². The number of aromatic nitrogens is 2. The van der Waals surface area contributed by atoms with Crippen LogP contribution in [0.3, 0.4) is 0 Å². The maximum Gasteiger partial charge on any atom is 0.272 e. The first-order valence-corrected chi connectivity index (χ1v) is 9.81. The van der Waals surface area contributed by atoms with Crippen molar-refractivity contribution in [1.29, 1.82) is 0 Å². The van der Waals surface area contributed by atoms with Gasteiger partial charge >= 0.3 is 0 Å². The second-order valence-electron chi connectivity index (χ2n) is 7.28. The number of nitrogens with one attached hydrogen (secondary N) is 1. The van der Waals surface area contributed by atoms with E-state index in [0.29, 0.717) is 12.2 Å². The molecule has 28 heavy (non-hydrogen) atoms. The highest BCUT2D eigenvalue weighted by Gasteiger charge is 2.28. The number of aryl methyl sites for hydroxylation is 1. The maximum absolute atomic E-state index is 12.9. The van der Waals surface area contributed by atoms with Crippen LogP contribution < -0.4 is 5.32 Å². The number of carbonyl (C=O) groups is 1. The van der Waals surface area contributed by atoms with Crippen LogP contribution in [0.2, 0.25) is 5.02 Å². The van der Waals surface area contributed by atoms with Crippen LogP contribution in [0.1, 0.15) is 21.6 Å². The third-order valence-electron chi connectivity index (χ3n) is 5.01. The number of likely N-dealkylation sites (N-methyl/N-ethyl adjacent to an activating group) is 1. The molecule has 0 spiro atoms. The molecule has 0 aliphatic heterocycles. The van der Waals surface area contributed by atoms with Gasteiger partial charge in [-0.3, -0.25) is 4.79 Å². The van der Waals surface area contributed by atoms with Crippen molar-refractivity contribution in [2.45, 2.75) is 12.8 Å². The lowest BCUT2D eigenvalue weighted by atomic mass is 9.88. The number of hydrogen-bond donors (Lipinski definition) is 1. The summed E-state index contributed by atoms with van der Waals surface area (Å²) < 4.78 is 1.89. The molecule has 0 unspecified atom stereocenters. The van der Waals surface area contributed by atoms with E-state index in [-0.39, 0.29) is 5.91 Å². The van der Waals surface area contributed by atoms with E-state index in [1.807, 2.05) is 72.2 Å². The monoisotopic (exact) mass is 394 g/mol. The third kappa shape index (κ3) is 3.55. The molecule has 0 atom stereocenters. The number of rotatable bonds is 5. The first-order valence-electron chi connectivity index (χ1n) is 9.43. The average Bonchev–Trinajstić information content (AvgIpc) is 3.08. The fourth-order valence-electron chi connectivity index (χ4n) is 3.64. The number of fused-ring (bicyclic) bond motifs is 3. The number of benzene rings is 2. The standard InChI is InChI=1S/C22H23ClN4O/c1-26(2)13-12-24-22(28)20-19-10-8-15-14-16(23)9-11-18(15)21(19)27(25-20)17-6-4-3-5-7-17/h3-7,9,11,14H,8,10,12-13H2,1-2H3,(H,24,28). The van der Waals surface area contributed by atoms with E-state index >= 15 is 0 Å². The molecule has 6 heteroatoms. The van der Waals surface area contributed by atoms with Gasteiger partial charge in [0.1, 0.15) is 0 Å². The zero-order valence-electron chi connectivity index (χ0n) is 16.1. The van der Waals surface area contributed by atoms with Crippen molar-refractivity contribution in [3.05, 3.63) is 70.4 Å². The Bertz CT molecular complexity index is 1010. The number of hydrogen-bond acceptors (Lipinski definition) is 3. The van der Waals surface area contributed by atoms with E-state index in [1.54, 1.807) is 0 Å². The Morgan fingerprint density at radius 2 is 1.96 bits per heavy atom. The number of amides is 1. The van der Waals surface area contributed by atoms with Crippen molar-refractivity contribution in [3.8, 4) is 16.9 Å². The molecular weight excluding hydrogens is 372 g/mol. The highest BCUT2D eigenvalue weighted by Crippen LogP contribution is 2.38. The van der Waals surface area contributed by atoms with Crippen LogP contribution in [0.15, 0.2) is 48.5 Å². The molecule has 0 bridgehead atoms. The van der Waals surface area contributed by atoms with Gasteiger partial charge in [0.25, 0.3) is 5.91 Å². The van der Waals surface area contributed by atoms with Crippen LogP contribution in [0.25, 0.3) is 16.9 Å². The summed E-state index contributed by atoms with van der Waals surface area (Å²) in [7, 11) is 3.97. The first kappa shape index (κ1) is 18.7. The van der Waals surface area contributed by atoms with Crippen LogP contribution in [0.4, 0.5) is 0 Å². The molecule has 0 fully saturated rings. The van der Waals surface area contributed by atoms with Crippen molar-refractivity contribution in [2.24, 2.45) is 0 Å². The lowest BCUT2D eigenvalue weighted by Crippen LogP contribution is -2.32. The Balaban J connectivity index is 1.80. The van der Waals surface area contributed by atoms with E-state index in [9.17, 15) is 4.79 Å². The molecule has 1 aliphatic carbocycles. The van der Waals surface area contributed by atoms with Gasteiger partial charge in [-0.15, -0.1) is 0 Å². The summed E-state index contributed by atoms with van der Waals surface area (Å²) in [6.45, 7) is 1.37. The number of nitrogens with zero attached hydrogens (tertiary/aromatic N) is 3. The lowest BCUT2D eigenvalue weighted by Gasteiger charge is -2.19. The minimum absolute atomic E-state index is 0.120. The van der Waals surface area contributed by atoms with Crippen molar-refractivity contribution in [2.75, 3.05) is 27.2 Å². The third-order valence-corrected chi connectivity index (χ3v) is 5.25. The zero-order chi connectivity index (χ0) is 19.7. The second-order valence-corrected chi connectivity index (χ2v) is 7.72. The zero-order valence-corrected chi connectivity index (χ0v) is 16.8. The molecule has 5 nitrogen and oxygen atoms in total. The van der Waals surface area contributed by atoms with Crippen molar-refractivity contribution >= 4 is 17.5 Å². The molecule has 1 heterocycles. The summed E-state index contributed by atoms with van der Waals surface area (Å²) in [4.78, 5) is 14.9. The smallest absolute Gasteiger partial charge is 0.272 e. The van der Waals surface area contributed by atoms with Crippen molar-refractivity contribution in [1.82, 2.24) is 20.0 Å². The Hall–Kier alpha value is -2.63. The Kier molecular flexibility index (Phi) is 5.20. The topological polar surface area (TPSA) is 50.2 Å². The van der Waals surface area contributed by atoms with Gasteiger partial charge in [0.2, 0.25) is 0 Å². The van der Waals surface area contributed by atoms with Gasteiger partial charge in [-0.2, -0.15) is 5.10 Å². The van der Waals surface area contributed by atoms with Crippen LogP contribution in [-0.4, -0.2) is 47.8 Å². The minimum Gasteiger partial charge on any atom is -0.349 e. The predicted octanol–water partition coefficient (Wildman–Crippen LogP) is 3.58. The number of para-hydroxylation sites is 1. The Morgan fingerprint density at radius 1 is 1.18 bits per heavy atom. The Morgan fingerprint density at radius 3 is 2.71 bits per heavy atom. The number of halogens is 1. The second kappa shape index (κ2) is 7.78. The van der Waals surface area contributed by atoms with Gasteiger partial charge in [-0.25, -0.2) is 4.68 Å². The van der Waals surface area contributed by atoms with E-state index < -0.39 is 0 Å². The van der Waals surface area contributed by atoms with Gasteiger partial charge in [0.05, 0.1) is 11.4 Å². The molecule has 1 amide bonds. The molecule has 0 saturated heterocycles. The van der Waals surface area contributed by atoms with E-state index in [2.05, 4.69) is 5.32 Å². The molecule has 144 valence electrons. The summed E-state index contributed by atoms with van der Waals surface area (Å²) in [5.74, 6) is -0.120. The molecule has 4 rings (SSSR count). The summed E-state index contributed by atoms with van der Waals surface area (Å²) >= 11 is 6.21.